The van der Waals surface area contributed by atoms with E-state index in [1.165, 1.54) is 12.1 Å². The minimum atomic E-state index is -0.416. The van der Waals surface area contributed by atoms with Gasteiger partial charge < -0.3 is 0 Å². The molecule has 0 unspecified atom stereocenters. The van der Waals surface area contributed by atoms with Gasteiger partial charge in [0.05, 0.1) is 11.5 Å². The fourth-order valence-electron chi connectivity index (χ4n) is 1.10. The summed E-state index contributed by atoms with van der Waals surface area (Å²) in [7, 11) is 0. The molecule has 16 heavy (non-hydrogen) atoms. The van der Waals surface area contributed by atoms with Crippen molar-refractivity contribution < 1.29 is 9.76 Å². The van der Waals surface area contributed by atoms with E-state index in [1.54, 1.807) is 12.1 Å². The molecule has 0 radical (unpaired) electrons. The molecular weight excluding hydrogens is 208 g/mol. The Kier molecular flexibility index (Phi) is 3.98. The van der Waals surface area contributed by atoms with Crippen molar-refractivity contribution >= 4 is 5.69 Å². The summed E-state index contributed by atoms with van der Waals surface area (Å²) in [4.78, 5) is 15.4. The molecule has 1 aromatic rings. The predicted octanol–water partition coefficient (Wildman–Crippen LogP) is 2.41. The van der Waals surface area contributed by atoms with Crippen molar-refractivity contribution in [1.82, 2.24) is 5.48 Å². The van der Waals surface area contributed by atoms with Crippen LogP contribution in [0.4, 0.5) is 5.69 Å². The maximum absolute atomic E-state index is 10.5. The monoisotopic (exact) mass is 224 g/mol. The Labute approximate surface area is 94.5 Å². The molecule has 1 rings (SSSR count). The number of nitro groups is 1. The van der Waals surface area contributed by atoms with E-state index in [9.17, 15) is 10.1 Å². The van der Waals surface area contributed by atoms with Gasteiger partial charge in [-0.2, -0.15) is 5.48 Å². The van der Waals surface area contributed by atoms with E-state index in [1.807, 2.05) is 20.8 Å². The molecule has 0 amide bonds. The molecular formula is C11H16N2O3. The lowest BCUT2D eigenvalue weighted by Crippen LogP contribution is -2.35. The highest BCUT2D eigenvalue weighted by Gasteiger charge is 2.10. The largest absolute Gasteiger partial charge is 0.297 e. The first-order valence-corrected chi connectivity index (χ1v) is 5.01. The highest BCUT2D eigenvalue weighted by molar-refractivity contribution is 5.33. The molecule has 0 aliphatic carbocycles. The maximum Gasteiger partial charge on any atom is 0.269 e. The van der Waals surface area contributed by atoms with Gasteiger partial charge in [0.15, 0.2) is 0 Å². The third kappa shape index (κ3) is 4.37. The second-order valence-electron chi connectivity index (χ2n) is 4.57. The Bertz CT molecular complexity index is 372. The van der Waals surface area contributed by atoms with Gasteiger partial charge in [-0.1, -0.05) is 12.1 Å². The van der Waals surface area contributed by atoms with E-state index < -0.39 is 4.92 Å². The van der Waals surface area contributed by atoms with Gasteiger partial charge in [-0.3, -0.25) is 15.0 Å². The molecule has 0 atom stereocenters. The first-order valence-electron chi connectivity index (χ1n) is 5.01. The molecule has 1 aromatic carbocycles. The van der Waals surface area contributed by atoms with Gasteiger partial charge in [-0.15, -0.1) is 0 Å². The van der Waals surface area contributed by atoms with Gasteiger partial charge in [0.2, 0.25) is 0 Å². The quantitative estimate of drug-likeness (QED) is 0.630. The summed E-state index contributed by atoms with van der Waals surface area (Å²) in [5, 5.41) is 10.5. The van der Waals surface area contributed by atoms with Crippen molar-refractivity contribution in [3.8, 4) is 0 Å². The zero-order valence-corrected chi connectivity index (χ0v) is 9.69. The number of nitrogens with one attached hydrogen (secondary N) is 1. The van der Waals surface area contributed by atoms with Crippen LogP contribution >= 0.6 is 0 Å². The van der Waals surface area contributed by atoms with Gasteiger partial charge in [-0.05, 0) is 26.3 Å². The fraction of sp³-hybridized carbons (Fsp3) is 0.455. The zero-order valence-electron chi connectivity index (χ0n) is 9.69. The van der Waals surface area contributed by atoms with E-state index in [0.717, 1.165) is 5.56 Å². The van der Waals surface area contributed by atoms with Crippen LogP contribution in [0.25, 0.3) is 0 Å². The lowest BCUT2D eigenvalue weighted by molar-refractivity contribution is -0.385. The summed E-state index contributed by atoms with van der Waals surface area (Å²) in [5.41, 5.74) is 3.56. The van der Waals surface area contributed by atoms with E-state index in [2.05, 4.69) is 5.48 Å². The second-order valence-corrected chi connectivity index (χ2v) is 4.57. The van der Waals surface area contributed by atoms with Crippen molar-refractivity contribution in [2.75, 3.05) is 0 Å². The highest BCUT2D eigenvalue weighted by Crippen LogP contribution is 2.13. The zero-order chi connectivity index (χ0) is 12.2. The lowest BCUT2D eigenvalue weighted by Gasteiger charge is -2.19. The minimum absolute atomic E-state index is 0.0804. The summed E-state index contributed by atoms with van der Waals surface area (Å²) < 4.78 is 0. The Morgan fingerprint density at radius 1 is 1.44 bits per heavy atom. The molecule has 0 bridgehead atoms. The maximum atomic E-state index is 10.5. The smallest absolute Gasteiger partial charge is 0.269 e. The topological polar surface area (TPSA) is 64.4 Å². The Hall–Kier alpha value is -1.46. The number of hydrogen-bond acceptors (Lipinski definition) is 4. The van der Waals surface area contributed by atoms with E-state index in [-0.39, 0.29) is 11.2 Å². The molecule has 0 aliphatic heterocycles. The van der Waals surface area contributed by atoms with Crippen molar-refractivity contribution in [2.45, 2.75) is 32.9 Å². The minimum Gasteiger partial charge on any atom is -0.297 e. The Morgan fingerprint density at radius 3 is 2.69 bits per heavy atom. The summed E-state index contributed by atoms with van der Waals surface area (Å²) in [5.74, 6) is 0. The standard InChI is InChI=1S/C11H16N2O3/c1-11(2,3)12-16-8-9-5-4-6-10(7-9)13(14)15/h4-7,12H,8H2,1-3H3. The van der Waals surface area contributed by atoms with Crippen molar-refractivity contribution in [1.29, 1.82) is 0 Å². The third-order valence-electron chi connectivity index (χ3n) is 1.74. The molecule has 0 spiro atoms. The average Bonchev–Trinajstić information content (AvgIpc) is 2.16. The summed E-state index contributed by atoms with van der Waals surface area (Å²) in [6, 6.07) is 6.40. The van der Waals surface area contributed by atoms with Crippen LogP contribution in [0, 0.1) is 10.1 Å². The number of benzene rings is 1. The van der Waals surface area contributed by atoms with Crippen LogP contribution in [0.3, 0.4) is 0 Å². The first-order chi connectivity index (χ1) is 7.38. The van der Waals surface area contributed by atoms with Crippen molar-refractivity contribution in [3.05, 3.63) is 39.9 Å². The Morgan fingerprint density at radius 2 is 2.12 bits per heavy atom. The summed E-state index contributed by atoms with van der Waals surface area (Å²) in [6.45, 7) is 6.22. The first kappa shape index (κ1) is 12.6. The summed E-state index contributed by atoms with van der Waals surface area (Å²) in [6.07, 6.45) is 0. The van der Waals surface area contributed by atoms with Crippen LogP contribution in [0.1, 0.15) is 26.3 Å². The van der Waals surface area contributed by atoms with Gasteiger partial charge >= 0.3 is 0 Å². The van der Waals surface area contributed by atoms with Gasteiger partial charge in [0.1, 0.15) is 0 Å². The SMILES string of the molecule is CC(C)(C)NOCc1cccc([N+](=O)[O-])c1. The van der Waals surface area contributed by atoms with Gasteiger partial charge in [0.25, 0.3) is 5.69 Å². The van der Waals surface area contributed by atoms with Crippen LogP contribution in [0.2, 0.25) is 0 Å². The van der Waals surface area contributed by atoms with E-state index in [4.69, 9.17) is 4.84 Å². The number of hydroxylamine groups is 1. The van der Waals surface area contributed by atoms with Crippen LogP contribution in [0.15, 0.2) is 24.3 Å². The summed E-state index contributed by atoms with van der Waals surface area (Å²) >= 11 is 0. The van der Waals surface area contributed by atoms with Crippen LogP contribution in [-0.2, 0) is 11.4 Å². The average molecular weight is 224 g/mol. The highest BCUT2D eigenvalue weighted by atomic mass is 16.6. The molecule has 0 saturated carbocycles. The number of hydrogen-bond donors (Lipinski definition) is 1. The molecule has 0 fully saturated rings. The van der Waals surface area contributed by atoms with Crippen LogP contribution < -0.4 is 5.48 Å². The Balaban J connectivity index is 2.55. The molecule has 0 aromatic heterocycles. The van der Waals surface area contributed by atoms with Crippen LogP contribution in [0.5, 0.6) is 0 Å². The lowest BCUT2D eigenvalue weighted by atomic mass is 10.1. The predicted molar refractivity (Wildman–Crippen MR) is 60.8 cm³/mol. The number of non-ortho nitro benzene ring substituents is 1. The van der Waals surface area contributed by atoms with Crippen molar-refractivity contribution in [2.24, 2.45) is 0 Å². The molecule has 1 N–H and O–H groups in total. The number of nitro benzene ring substituents is 1. The third-order valence-corrected chi connectivity index (χ3v) is 1.74. The van der Waals surface area contributed by atoms with E-state index in [0.29, 0.717) is 6.61 Å². The normalized spacial score (nSPS) is 11.4. The van der Waals surface area contributed by atoms with Crippen molar-refractivity contribution in [3.63, 3.8) is 0 Å². The molecule has 88 valence electrons. The number of nitrogens with zero attached hydrogens (tertiary/aromatic N) is 1. The molecule has 0 heterocycles. The molecule has 0 aliphatic rings. The molecule has 5 nitrogen and oxygen atoms in total. The van der Waals surface area contributed by atoms with Gasteiger partial charge in [0, 0.05) is 17.7 Å². The van der Waals surface area contributed by atoms with E-state index >= 15 is 0 Å². The molecule has 5 heteroatoms. The fourth-order valence-corrected chi connectivity index (χ4v) is 1.10. The van der Waals surface area contributed by atoms with Gasteiger partial charge in [-0.25, -0.2) is 0 Å². The molecule has 0 saturated heterocycles. The van der Waals surface area contributed by atoms with Crippen LogP contribution in [-0.4, -0.2) is 10.5 Å². The number of rotatable bonds is 4. The second kappa shape index (κ2) is 5.05.